The van der Waals surface area contributed by atoms with E-state index < -0.39 is 0 Å². The Labute approximate surface area is 175 Å². The van der Waals surface area contributed by atoms with Gasteiger partial charge in [-0.05, 0) is 39.9 Å². The highest BCUT2D eigenvalue weighted by atomic mass is 16.4. The number of hydrogen-bond acceptors (Lipinski definition) is 3. The molecule has 0 atom stereocenters. The van der Waals surface area contributed by atoms with Crippen molar-refractivity contribution in [3.8, 4) is 33.7 Å². The minimum Gasteiger partial charge on any atom is -0.420 e. The van der Waals surface area contributed by atoms with Gasteiger partial charge in [0.1, 0.15) is 0 Å². The van der Waals surface area contributed by atoms with Crippen LogP contribution in [-0.4, -0.2) is 10.2 Å². The van der Waals surface area contributed by atoms with Crippen molar-refractivity contribution >= 4 is 0 Å². The first-order valence-corrected chi connectivity index (χ1v) is 9.98. The summed E-state index contributed by atoms with van der Waals surface area (Å²) in [6.45, 7) is 0. The van der Waals surface area contributed by atoms with Crippen molar-refractivity contribution in [1.82, 2.24) is 10.2 Å². The van der Waals surface area contributed by atoms with Crippen molar-refractivity contribution in [1.29, 1.82) is 0 Å². The van der Waals surface area contributed by atoms with E-state index in [1.54, 1.807) is 0 Å². The summed E-state index contributed by atoms with van der Waals surface area (Å²) in [5, 5.41) is 8.47. The molecule has 0 bridgehead atoms. The van der Waals surface area contributed by atoms with Gasteiger partial charge in [-0.1, -0.05) is 97.1 Å². The van der Waals surface area contributed by atoms with Gasteiger partial charge in [0.15, 0.2) is 0 Å². The molecule has 0 aliphatic carbocycles. The van der Waals surface area contributed by atoms with Crippen LogP contribution < -0.4 is 0 Å². The lowest BCUT2D eigenvalue weighted by atomic mass is 10.0. The van der Waals surface area contributed by atoms with Gasteiger partial charge in [0, 0.05) is 5.56 Å². The van der Waals surface area contributed by atoms with E-state index in [9.17, 15) is 0 Å². The van der Waals surface area contributed by atoms with Gasteiger partial charge in [0.25, 0.3) is 0 Å². The van der Waals surface area contributed by atoms with Gasteiger partial charge >= 0.3 is 0 Å². The summed E-state index contributed by atoms with van der Waals surface area (Å²) in [7, 11) is 0. The average molecular weight is 388 g/mol. The fraction of sp³-hybridized carbons (Fsp3) is 0.0370. The van der Waals surface area contributed by atoms with Crippen LogP contribution in [0.2, 0.25) is 0 Å². The Morgan fingerprint density at radius 1 is 0.467 bits per heavy atom. The standard InChI is InChI=1S/C27H20N2O/c1-3-7-21(8-4-1)23-13-11-20(12-14-23)19-26-28-29-27(30-26)25-17-15-24(16-18-25)22-9-5-2-6-10-22/h1-18H,19H2. The molecule has 144 valence electrons. The lowest BCUT2D eigenvalue weighted by Gasteiger charge is -2.03. The van der Waals surface area contributed by atoms with Crippen molar-refractivity contribution in [2.45, 2.75) is 6.42 Å². The van der Waals surface area contributed by atoms with Crippen molar-refractivity contribution in [3.05, 3.63) is 121 Å². The van der Waals surface area contributed by atoms with Crippen LogP contribution in [0.25, 0.3) is 33.7 Å². The predicted molar refractivity (Wildman–Crippen MR) is 120 cm³/mol. The van der Waals surface area contributed by atoms with Crippen LogP contribution in [0.1, 0.15) is 11.5 Å². The molecule has 30 heavy (non-hydrogen) atoms. The van der Waals surface area contributed by atoms with Gasteiger partial charge in [-0.2, -0.15) is 0 Å². The average Bonchev–Trinajstić information content (AvgIpc) is 3.29. The van der Waals surface area contributed by atoms with Crippen molar-refractivity contribution in [2.75, 3.05) is 0 Å². The quantitative estimate of drug-likeness (QED) is 0.338. The largest absolute Gasteiger partial charge is 0.420 e. The maximum atomic E-state index is 5.91. The molecule has 1 aromatic heterocycles. The van der Waals surface area contributed by atoms with Crippen molar-refractivity contribution < 1.29 is 4.42 Å². The molecule has 1 heterocycles. The number of aromatic nitrogens is 2. The Balaban J connectivity index is 1.30. The molecule has 0 saturated heterocycles. The Hall–Kier alpha value is -3.98. The summed E-state index contributed by atoms with van der Waals surface area (Å²) >= 11 is 0. The van der Waals surface area contributed by atoms with Crippen molar-refractivity contribution in [3.63, 3.8) is 0 Å². The molecule has 4 aromatic carbocycles. The van der Waals surface area contributed by atoms with Crippen LogP contribution in [0, 0.1) is 0 Å². The van der Waals surface area contributed by atoms with Crippen LogP contribution >= 0.6 is 0 Å². The summed E-state index contributed by atoms with van der Waals surface area (Å²) < 4.78 is 5.91. The topological polar surface area (TPSA) is 38.9 Å². The zero-order valence-corrected chi connectivity index (χ0v) is 16.4. The third kappa shape index (κ3) is 3.91. The van der Waals surface area contributed by atoms with Crippen LogP contribution in [0.5, 0.6) is 0 Å². The molecule has 0 amide bonds. The maximum Gasteiger partial charge on any atom is 0.247 e. The number of rotatable bonds is 5. The lowest BCUT2D eigenvalue weighted by Crippen LogP contribution is -1.88. The first-order valence-electron chi connectivity index (χ1n) is 9.98. The van der Waals surface area contributed by atoms with Gasteiger partial charge in [-0.25, -0.2) is 0 Å². The van der Waals surface area contributed by atoms with E-state index in [0.717, 1.165) is 16.7 Å². The molecule has 3 heteroatoms. The van der Waals surface area contributed by atoms with Crippen LogP contribution in [0.15, 0.2) is 114 Å². The highest BCUT2D eigenvalue weighted by Gasteiger charge is 2.10. The smallest absolute Gasteiger partial charge is 0.247 e. The summed E-state index contributed by atoms with van der Waals surface area (Å²) in [4.78, 5) is 0. The summed E-state index contributed by atoms with van der Waals surface area (Å²) in [5.74, 6) is 1.16. The molecule has 0 unspecified atom stereocenters. The molecule has 3 nitrogen and oxygen atoms in total. The second-order valence-electron chi connectivity index (χ2n) is 7.18. The molecule has 0 N–H and O–H groups in total. The van der Waals surface area contributed by atoms with Crippen LogP contribution in [-0.2, 0) is 6.42 Å². The van der Waals surface area contributed by atoms with Crippen LogP contribution in [0.3, 0.4) is 0 Å². The molecule has 5 aromatic rings. The Morgan fingerprint density at radius 3 is 1.50 bits per heavy atom. The molecule has 0 radical (unpaired) electrons. The Morgan fingerprint density at radius 2 is 0.933 bits per heavy atom. The highest BCUT2D eigenvalue weighted by molar-refractivity contribution is 5.67. The molecule has 0 saturated carbocycles. The van der Waals surface area contributed by atoms with E-state index in [-0.39, 0.29) is 0 Å². The molecule has 0 fully saturated rings. The number of benzene rings is 4. The van der Waals surface area contributed by atoms with E-state index in [2.05, 4.69) is 83.0 Å². The van der Waals surface area contributed by atoms with Crippen molar-refractivity contribution in [2.24, 2.45) is 0 Å². The summed E-state index contributed by atoms with van der Waals surface area (Å²) in [6.07, 6.45) is 0.615. The first kappa shape index (κ1) is 18.1. The fourth-order valence-corrected chi connectivity index (χ4v) is 3.50. The number of nitrogens with zero attached hydrogens (tertiary/aromatic N) is 2. The zero-order valence-electron chi connectivity index (χ0n) is 16.4. The van der Waals surface area contributed by atoms with Gasteiger partial charge in [0.05, 0.1) is 6.42 Å². The normalized spacial score (nSPS) is 10.8. The highest BCUT2D eigenvalue weighted by Crippen LogP contribution is 2.25. The van der Waals surface area contributed by atoms with Gasteiger partial charge < -0.3 is 4.42 Å². The predicted octanol–water partition coefficient (Wildman–Crippen LogP) is 6.66. The van der Waals surface area contributed by atoms with Crippen LogP contribution in [0.4, 0.5) is 0 Å². The first-order chi connectivity index (χ1) is 14.8. The SMILES string of the molecule is c1ccc(-c2ccc(Cc3nnc(-c4ccc(-c5ccccc5)cc4)o3)cc2)cc1. The second-order valence-corrected chi connectivity index (χ2v) is 7.18. The molecule has 0 aliphatic heterocycles. The van der Waals surface area contributed by atoms with E-state index >= 15 is 0 Å². The van der Waals surface area contributed by atoms with Gasteiger partial charge in [0.2, 0.25) is 11.8 Å². The van der Waals surface area contributed by atoms with E-state index in [1.807, 2.05) is 36.4 Å². The minimum absolute atomic E-state index is 0.547. The van der Waals surface area contributed by atoms with E-state index in [0.29, 0.717) is 18.2 Å². The molecular weight excluding hydrogens is 368 g/mol. The van der Waals surface area contributed by atoms with Gasteiger partial charge in [-0.3, -0.25) is 0 Å². The Kier molecular flexibility index (Phi) is 4.93. The zero-order chi connectivity index (χ0) is 20.2. The molecule has 0 aliphatic rings. The summed E-state index contributed by atoms with van der Waals surface area (Å²) in [5.41, 5.74) is 6.83. The summed E-state index contributed by atoms with van der Waals surface area (Å²) in [6, 6.07) is 37.3. The molecule has 5 rings (SSSR count). The third-order valence-electron chi connectivity index (χ3n) is 5.12. The van der Waals surface area contributed by atoms with E-state index in [1.165, 1.54) is 16.7 Å². The Bertz CT molecular complexity index is 1230. The lowest BCUT2D eigenvalue weighted by molar-refractivity contribution is 0.518. The van der Waals surface area contributed by atoms with E-state index in [4.69, 9.17) is 4.42 Å². The second kappa shape index (κ2) is 8.18. The van der Waals surface area contributed by atoms with Gasteiger partial charge in [-0.15, -0.1) is 10.2 Å². The molecule has 0 spiro atoms. The number of hydrogen-bond donors (Lipinski definition) is 0. The fourth-order valence-electron chi connectivity index (χ4n) is 3.50. The minimum atomic E-state index is 0.547. The monoisotopic (exact) mass is 388 g/mol. The maximum absolute atomic E-state index is 5.91. The third-order valence-corrected chi connectivity index (χ3v) is 5.12. The molecular formula is C27H20N2O.